The fraction of sp³-hybridized carbons (Fsp3) is 0.0952. The lowest BCUT2D eigenvalue weighted by atomic mass is 10.2. The number of nitrogens with zero attached hydrogens (tertiary/aromatic N) is 2. The SMILES string of the molecule is Cc1cc(/C=N/NC(=O)c2ccccc2)c(C)n1-c1ccc(C(=O)O)cc1. The van der Waals surface area contributed by atoms with E-state index in [2.05, 4.69) is 10.5 Å². The third-order valence-electron chi connectivity index (χ3n) is 4.25. The smallest absolute Gasteiger partial charge is 0.335 e. The van der Waals surface area contributed by atoms with E-state index < -0.39 is 5.97 Å². The minimum Gasteiger partial charge on any atom is -0.478 e. The lowest BCUT2D eigenvalue weighted by Gasteiger charge is -2.09. The van der Waals surface area contributed by atoms with E-state index >= 15 is 0 Å². The Hall–Kier alpha value is -3.67. The van der Waals surface area contributed by atoms with Crippen molar-refractivity contribution in [2.75, 3.05) is 0 Å². The summed E-state index contributed by atoms with van der Waals surface area (Å²) in [7, 11) is 0. The largest absolute Gasteiger partial charge is 0.478 e. The van der Waals surface area contributed by atoms with Crippen LogP contribution in [0.4, 0.5) is 0 Å². The molecule has 1 aromatic heterocycles. The number of nitrogens with one attached hydrogen (secondary N) is 1. The van der Waals surface area contributed by atoms with Crippen LogP contribution in [-0.2, 0) is 0 Å². The molecule has 0 aliphatic heterocycles. The molecule has 0 bridgehead atoms. The molecule has 0 saturated carbocycles. The molecule has 3 aromatic rings. The Bertz CT molecular complexity index is 1000. The van der Waals surface area contributed by atoms with Gasteiger partial charge in [-0.3, -0.25) is 4.79 Å². The van der Waals surface area contributed by atoms with E-state index in [0.717, 1.165) is 22.6 Å². The van der Waals surface area contributed by atoms with Crippen molar-refractivity contribution in [3.63, 3.8) is 0 Å². The molecule has 1 heterocycles. The number of carbonyl (C=O) groups excluding carboxylic acids is 1. The van der Waals surface area contributed by atoms with E-state index in [1.165, 1.54) is 0 Å². The highest BCUT2D eigenvalue weighted by Crippen LogP contribution is 2.20. The lowest BCUT2D eigenvalue weighted by molar-refractivity contribution is 0.0696. The maximum absolute atomic E-state index is 12.0. The fourth-order valence-corrected chi connectivity index (χ4v) is 2.88. The average Bonchev–Trinajstić information content (AvgIpc) is 2.96. The summed E-state index contributed by atoms with van der Waals surface area (Å²) in [6, 6.07) is 17.5. The summed E-state index contributed by atoms with van der Waals surface area (Å²) >= 11 is 0. The number of carboxylic acids is 1. The van der Waals surface area contributed by atoms with Gasteiger partial charge in [0.05, 0.1) is 11.8 Å². The van der Waals surface area contributed by atoms with Crippen molar-refractivity contribution in [2.24, 2.45) is 5.10 Å². The summed E-state index contributed by atoms with van der Waals surface area (Å²) in [5.74, 6) is -1.23. The Morgan fingerprint density at radius 1 is 1.00 bits per heavy atom. The zero-order chi connectivity index (χ0) is 19.4. The molecular formula is C21H19N3O3. The summed E-state index contributed by atoms with van der Waals surface area (Å²) < 4.78 is 2.01. The van der Waals surface area contributed by atoms with E-state index in [1.54, 1.807) is 54.7 Å². The van der Waals surface area contributed by atoms with Gasteiger partial charge in [-0.05, 0) is 56.3 Å². The Balaban J connectivity index is 1.79. The topological polar surface area (TPSA) is 83.7 Å². The first-order valence-corrected chi connectivity index (χ1v) is 8.38. The third-order valence-corrected chi connectivity index (χ3v) is 4.25. The molecule has 27 heavy (non-hydrogen) atoms. The van der Waals surface area contributed by atoms with Crippen LogP contribution in [0.1, 0.15) is 37.7 Å². The van der Waals surface area contributed by atoms with E-state index in [-0.39, 0.29) is 11.5 Å². The Morgan fingerprint density at radius 3 is 2.30 bits per heavy atom. The van der Waals surface area contributed by atoms with E-state index in [4.69, 9.17) is 5.11 Å². The van der Waals surface area contributed by atoms with Crippen LogP contribution in [0.3, 0.4) is 0 Å². The number of carboxylic acid groups (broad SMARTS) is 1. The summed E-state index contributed by atoms with van der Waals surface area (Å²) in [4.78, 5) is 23.0. The molecule has 2 aromatic carbocycles. The fourth-order valence-electron chi connectivity index (χ4n) is 2.88. The molecule has 136 valence electrons. The lowest BCUT2D eigenvalue weighted by Crippen LogP contribution is -2.17. The van der Waals surface area contributed by atoms with E-state index in [0.29, 0.717) is 5.56 Å². The monoisotopic (exact) mass is 361 g/mol. The van der Waals surface area contributed by atoms with Gasteiger partial charge >= 0.3 is 5.97 Å². The molecule has 0 aliphatic carbocycles. The first-order chi connectivity index (χ1) is 13.0. The van der Waals surface area contributed by atoms with Crippen LogP contribution in [0, 0.1) is 13.8 Å². The first-order valence-electron chi connectivity index (χ1n) is 8.38. The molecular weight excluding hydrogens is 342 g/mol. The maximum atomic E-state index is 12.0. The van der Waals surface area contributed by atoms with Crippen molar-refractivity contribution in [2.45, 2.75) is 13.8 Å². The normalized spacial score (nSPS) is 10.9. The van der Waals surface area contributed by atoms with Gasteiger partial charge in [-0.1, -0.05) is 18.2 Å². The van der Waals surface area contributed by atoms with Gasteiger partial charge in [0, 0.05) is 28.2 Å². The number of aromatic carboxylic acids is 1. The van der Waals surface area contributed by atoms with E-state index in [1.807, 2.05) is 30.5 Å². The third kappa shape index (κ3) is 3.95. The summed E-state index contributed by atoms with van der Waals surface area (Å²) in [5, 5.41) is 13.1. The van der Waals surface area contributed by atoms with Crippen molar-refractivity contribution in [3.05, 3.63) is 88.7 Å². The highest BCUT2D eigenvalue weighted by atomic mass is 16.4. The summed E-state index contributed by atoms with van der Waals surface area (Å²) in [5.41, 5.74) is 6.95. The summed E-state index contributed by atoms with van der Waals surface area (Å²) in [6.45, 7) is 3.90. The second-order valence-electron chi connectivity index (χ2n) is 6.08. The highest BCUT2D eigenvalue weighted by Gasteiger charge is 2.11. The molecule has 0 atom stereocenters. The zero-order valence-corrected chi connectivity index (χ0v) is 15.0. The zero-order valence-electron chi connectivity index (χ0n) is 15.0. The molecule has 0 saturated heterocycles. The highest BCUT2D eigenvalue weighted by molar-refractivity contribution is 5.95. The molecule has 1 amide bonds. The number of aromatic nitrogens is 1. The van der Waals surface area contributed by atoms with Gasteiger partial charge in [-0.25, -0.2) is 10.2 Å². The second kappa shape index (κ2) is 7.70. The minimum atomic E-state index is -0.954. The van der Waals surface area contributed by atoms with Crippen LogP contribution < -0.4 is 5.43 Å². The molecule has 0 spiro atoms. The van der Waals surface area contributed by atoms with Gasteiger partial charge in [0.2, 0.25) is 0 Å². The Morgan fingerprint density at radius 2 is 1.67 bits per heavy atom. The molecule has 2 N–H and O–H groups in total. The Labute approximate surface area is 156 Å². The number of hydrogen-bond acceptors (Lipinski definition) is 3. The van der Waals surface area contributed by atoms with Crippen LogP contribution in [0.5, 0.6) is 0 Å². The summed E-state index contributed by atoms with van der Waals surface area (Å²) in [6.07, 6.45) is 1.60. The maximum Gasteiger partial charge on any atom is 0.335 e. The molecule has 3 rings (SSSR count). The van der Waals surface area contributed by atoms with Gasteiger partial charge in [0.15, 0.2) is 0 Å². The number of aryl methyl sites for hydroxylation is 1. The van der Waals surface area contributed by atoms with Gasteiger partial charge in [-0.2, -0.15) is 5.10 Å². The molecule has 6 heteroatoms. The van der Waals surface area contributed by atoms with Crippen LogP contribution in [0.15, 0.2) is 65.8 Å². The van der Waals surface area contributed by atoms with Gasteiger partial charge < -0.3 is 9.67 Å². The number of carbonyl (C=O) groups is 2. The van der Waals surface area contributed by atoms with Gasteiger partial charge in [0.1, 0.15) is 0 Å². The standard InChI is InChI=1S/C21H19N3O3/c1-14-12-18(13-22-23-20(25)16-6-4-3-5-7-16)15(2)24(14)19-10-8-17(9-11-19)21(26)27/h3-13H,1-2H3,(H,23,25)(H,26,27)/b22-13+. The Kier molecular flexibility index (Phi) is 5.17. The average molecular weight is 361 g/mol. The van der Waals surface area contributed by atoms with Gasteiger partial charge in [-0.15, -0.1) is 0 Å². The molecule has 0 unspecified atom stereocenters. The second-order valence-corrected chi connectivity index (χ2v) is 6.08. The predicted octanol–water partition coefficient (Wildman–Crippen LogP) is 3.56. The van der Waals surface area contributed by atoms with Crippen LogP contribution in [0.25, 0.3) is 5.69 Å². The molecule has 6 nitrogen and oxygen atoms in total. The number of amides is 1. The van der Waals surface area contributed by atoms with Crippen molar-refractivity contribution in [3.8, 4) is 5.69 Å². The van der Waals surface area contributed by atoms with Crippen LogP contribution in [0.2, 0.25) is 0 Å². The van der Waals surface area contributed by atoms with Crippen LogP contribution in [-0.4, -0.2) is 27.8 Å². The number of hydrazone groups is 1. The number of rotatable bonds is 5. The van der Waals surface area contributed by atoms with Crippen molar-refractivity contribution >= 4 is 18.1 Å². The quantitative estimate of drug-likeness (QED) is 0.538. The van der Waals surface area contributed by atoms with Crippen molar-refractivity contribution in [1.82, 2.24) is 9.99 Å². The molecule has 0 aliphatic rings. The first kappa shape index (κ1) is 18.1. The van der Waals surface area contributed by atoms with E-state index in [9.17, 15) is 9.59 Å². The predicted molar refractivity (Wildman–Crippen MR) is 104 cm³/mol. The van der Waals surface area contributed by atoms with Crippen molar-refractivity contribution < 1.29 is 14.7 Å². The molecule has 0 radical (unpaired) electrons. The molecule has 0 fully saturated rings. The van der Waals surface area contributed by atoms with Gasteiger partial charge in [0.25, 0.3) is 5.91 Å². The number of hydrogen-bond donors (Lipinski definition) is 2. The van der Waals surface area contributed by atoms with Crippen molar-refractivity contribution in [1.29, 1.82) is 0 Å². The number of benzene rings is 2. The minimum absolute atomic E-state index is 0.242. The van der Waals surface area contributed by atoms with Crippen LogP contribution >= 0.6 is 0 Å².